The monoisotopic (exact) mass is 489 g/mol. The van der Waals surface area contributed by atoms with Crippen LogP contribution in [-0.4, -0.2) is 67.4 Å². The highest BCUT2D eigenvalue weighted by atomic mass is 28.4. The molecule has 0 unspecified atom stereocenters. The minimum atomic E-state index is -2.40. The Bertz CT molecular complexity index is 963. The predicted octanol–water partition coefficient (Wildman–Crippen LogP) is 3.28. The number of imide groups is 1. The van der Waals surface area contributed by atoms with Crippen LogP contribution < -0.4 is 0 Å². The zero-order valence-electron chi connectivity index (χ0n) is 20.9. The third-order valence-corrected chi connectivity index (χ3v) is 12.0. The first-order chi connectivity index (χ1) is 15.8. The summed E-state index contributed by atoms with van der Waals surface area (Å²) in [5.41, 5.74) is 1.53. The van der Waals surface area contributed by atoms with E-state index in [4.69, 9.17) is 18.6 Å². The molecule has 1 aromatic carbocycles. The summed E-state index contributed by atoms with van der Waals surface area (Å²) in [6.45, 7) is 13.8. The van der Waals surface area contributed by atoms with E-state index in [2.05, 4.69) is 33.9 Å². The molecule has 6 atom stereocenters. The van der Waals surface area contributed by atoms with Crippen LogP contribution in [0.25, 0.3) is 0 Å². The van der Waals surface area contributed by atoms with Crippen molar-refractivity contribution in [1.29, 1.82) is 0 Å². The van der Waals surface area contributed by atoms with Crippen molar-refractivity contribution in [3.63, 3.8) is 0 Å². The van der Waals surface area contributed by atoms with Crippen LogP contribution >= 0.6 is 0 Å². The van der Waals surface area contributed by atoms with Gasteiger partial charge in [0.2, 0.25) is 0 Å². The highest BCUT2D eigenvalue weighted by molar-refractivity contribution is 6.74. The minimum Gasteiger partial charge on any atom is -0.391 e. The number of fused-ring (bicyclic) bond motifs is 1. The number of amides is 2. The Morgan fingerprint density at radius 1 is 1.03 bits per heavy atom. The molecule has 3 aliphatic heterocycles. The smallest absolute Gasteiger partial charge is 0.257 e. The highest BCUT2D eigenvalue weighted by Crippen LogP contribution is 2.42. The molecule has 1 aromatic rings. The van der Waals surface area contributed by atoms with Crippen LogP contribution in [0.4, 0.5) is 0 Å². The number of ether oxygens (including phenoxy) is 3. The number of benzene rings is 1. The second-order valence-electron chi connectivity index (χ2n) is 10.8. The maximum absolute atomic E-state index is 13.1. The third kappa shape index (κ3) is 4.29. The van der Waals surface area contributed by atoms with Gasteiger partial charge in [0.1, 0.15) is 24.4 Å². The lowest BCUT2D eigenvalue weighted by Crippen LogP contribution is -2.69. The summed E-state index contributed by atoms with van der Waals surface area (Å²) in [5, 5.41) is 11.4. The fraction of sp³-hybridized carbons (Fsp3) is 0.600. The summed E-state index contributed by atoms with van der Waals surface area (Å²) in [4.78, 5) is 27.3. The molecular weight excluding hydrogens is 454 g/mol. The molecule has 2 saturated heterocycles. The van der Waals surface area contributed by atoms with Gasteiger partial charge in [-0.05, 0) is 32.0 Å². The van der Waals surface area contributed by atoms with E-state index in [1.807, 2.05) is 30.3 Å². The molecular formula is C25H35NO7Si. The fourth-order valence-electron chi connectivity index (χ4n) is 4.24. The average Bonchev–Trinajstić information content (AvgIpc) is 2.96. The van der Waals surface area contributed by atoms with Gasteiger partial charge in [0.25, 0.3) is 11.8 Å². The molecule has 0 saturated carbocycles. The zero-order valence-corrected chi connectivity index (χ0v) is 21.9. The van der Waals surface area contributed by atoms with Crippen molar-refractivity contribution in [2.24, 2.45) is 0 Å². The van der Waals surface area contributed by atoms with Crippen LogP contribution in [0, 0.1) is 0 Å². The highest BCUT2D eigenvalue weighted by Gasteiger charge is 2.57. The number of carbonyl (C=O) groups excluding carboxylic acids is 2. The van der Waals surface area contributed by atoms with Crippen LogP contribution in [0.1, 0.15) is 46.5 Å². The van der Waals surface area contributed by atoms with Crippen molar-refractivity contribution in [2.75, 3.05) is 6.61 Å². The van der Waals surface area contributed by atoms with E-state index in [1.54, 1.807) is 13.8 Å². The Kier molecular flexibility index (Phi) is 6.65. The van der Waals surface area contributed by atoms with E-state index in [0.717, 1.165) is 10.5 Å². The Morgan fingerprint density at radius 2 is 1.62 bits per heavy atom. The van der Waals surface area contributed by atoms with Crippen molar-refractivity contribution < 1.29 is 33.3 Å². The van der Waals surface area contributed by atoms with Gasteiger partial charge in [-0.25, -0.2) is 0 Å². The first-order valence-corrected chi connectivity index (χ1v) is 14.6. The molecule has 2 amide bonds. The second kappa shape index (κ2) is 8.96. The summed E-state index contributed by atoms with van der Waals surface area (Å²) < 4.78 is 24.9. The van der Waals surface area contributed by atoms with E-state index < -0.39 is 57.1 Å². The molecule has 8 nitrogen and oxygen atoms in total. The lowest BCUT2D eigenvalue weighted by molar-refractivity contribution is -0.341. The second-order valence-corrected chi connectivity index (χ2v) is 15.6. The van der Waals surface area contributed by atoms with Crippen molar-refractivity contribution in [2.45, 2.75) is 89.7 Å². The molecule has 9 heteroatoms. The summed E-state index contributed by atoms with van der Waals surface area (Å²) in [5.74, 6) is -0.881. The van der Waals surface area contributed by atoms with E-state index >= 15 is 0 Å². The van der Waals surface area contributed by atoms with E-state index in [9.17, 15) is 14.7 Å². The van der Waals surface area contributed by atoms with Crippen molar-refractivity contribution >= 4 is 20.1 Å². The predicted molar refractivity (Wildman–Crippen MR) is 127 cm³/mol. The van der Waals surface area contributed by atoms with Gasteiger partial charge in [-0.1, -0.05) is 51.1 Å². The molecule has 0 spiro atoms. The molecule has 3 aliphatic rings. The number of aliphatic hydroxyl groups is 1. The molecule has 0 aliphatic carbocycles. The maximum atomic E-state index is 13.1. The molecule has 0 aromatic heterocycles. The van der Waals surface area contributed by atoms with Gasteiger partial charge in [-0.3, -0.25) is 14.5 Å². The van der Waals surface area contributed by atoms with E-state index in [1.165, 1.54) is 0 Å². The molecule has 186 valence electrons. The molecule has 4 rings (SSSR count). The van der Waals surface area contributed by atoms with E-state index in [-0.39, 0.29) is 11.6 Å². The lowest BCUT2D eigenvalue weighted by Gasteiger charge is -2.51. The summed E-state index contributed by atoms with van der Waals surface area (Å²) in [6.07, 6.45) is -4.31. The SMILES string of the molecule is CC1=C(C)C(=O)N([C@H]2[C@H](O[Si](C)(C)C(C)(C)C)O[C@@H]3CO[C@@H](c4ccccc4)O[C@H]3[C@@H]2O)C1=O. The average molecular weight is 490 g/mol. The Balaban J connectivity index is 1.67. The molecule has 34 heavy (non-hydrogen) atoms. The van der Waals surface area contributed by atoms with E-state index in [0.29, 0.717) is 11.1 Å². The molecule has 1 N–H and O–H groups in total. The van der Waals surface area contributed by atoms with Crippen LogP contribution in [0.5, 0.6) is 0 Å². The van der Waals surface area contributed by atoms with Gasteiger partial charge < -0.3 is 23.7 Å². The lowest BCUT2D eigenvalue weighted by atomic mass is 9.94. The largest absolute Gasteiger partial charge is 0.391 e. The summed E-state index contributed by atoms with van der Waals surface area (Å²) in [6, 6.07) is 8.38. The number of hydrogen-bond acceptors (Lipinski definition) is 7. The first kappa shape index (κ1) is 25.2. The van der Waals surface area contributed by atoms with Crippen LogP contribution in [0.2, 0.25) is 18.1 Å². The number of nitrogens with zero attached hydrogens (tertiary/aromatic N) is 1. The zero-order chi connectivity index (χ0) is 25.0. The van der Waals surface area contributed by atoms with Gasteiger partial charge in [0.05, 0.1) is 6.61 Å². The Labute approximate surface area is 201 Å². The van der Waals surface area contributed by atoms with Crippen molar-refractivity contribution in [3.8, 4) is 0 Å². The van der Waals surface area contributed by atoms with Crippen LogP contribution in [0.15, 0.2) is 41.5 Å². The van der Waals surface area contributed by atoms with Gasteiger partial charge in [-0.15, -0.1) is 0 Å². The Morgan fingerprint density at radius 3 is 2.18 bits per heavy atom. The van der Waals surface area contributed by atoms with Gasteiger partial charge >= 0.3 is 0 Å². The summed E-state index contributed by atoms with van der Waals surface area (Å²) in [7, 11) is -2.40. The molecule has 0 bridgehead atoms. The quantitative estimate of drug-likeness (QED) is 0.512. The van der Waals surface area contributed by atoms with Gasteiger partial charge in [0.15, 0.2) is 20.9 Å². The summed E-state index contributed by atoms with van der Waals surface area (Å²) >= 11 is 0. The van der Waals surface area contributed by atoms with Gasteiger partial charge in [0, 0.05) is 16.7 Å². The molecule has 2 fully saturated rings. The van der Waals surface area contributed by atoms with Gasteiger partial charge in [-0.2, -0.15) is 0 Å². The van der Waals surface area contributed by atoms with Crippen molar-refractivity contribution in [1.82, 2.24) is 4.90 Å². The maximum Gasteiger partial charge on any atom is 0.257 e. The number of aliphatic hydroxyl groups excluding tert-OH is 1. The normalized spacial score (nSPS) is 32.9. The van der Waals surface area contributed by atoms with Crippen LogP contribution in [0.3, 0.4) is 0 Å². The number of rotatable bonds is 4. The number of hydrogen-bond donors (Lipinski definition) is 1. The van der Waals surface area contributed by atoms with Crippen LogP contribution in [-0.2, 0) is 28.2 Å². The third-order valence-electron chi connectivity index (χ3n) is 7.56. The number of carbonyl (C=O) groups is 2. The minimum absolute atomic E-state index is 0.149. The topological polar surface area (TPSA) is 94.5 Å². The fourth-order valence-corrected chi connectivity index (χ4v) is 5.37. The first-order valence-electron chi connectivity index (χ1n) is 11.7. The molecule has 3 heterocycles. The standard InChI is InChI=1S/C25H35NO7Si/c1-14-15(2)22(29)26(21(14)28)18-19(27)20-17(31-24(18)33-34(6,7)25(3,4)5)13-30-23(32-20)16-11-9-8-10-12-16/h8-12,17-20,23-24,27H,13H2,1-7H3/t17-,18-,19-,20-,23-,24+/m1/s1. The molecule has 0 radical (unpaired) electrons. The van der Waals surface area contributed by atoms with Crippen molar-refractivity contribution in [3.05, 3.63) is 47.0 Å². The Hall–Kier alpha value is -1.88.